The summed E-state index contributed by atoms with van der Waals surface area (Å²) in [4.78, 5) is 22.1. The van der Waals surface area contributed by atoms with Crippen LogP contribution in [0.1, 0.15) is 13.3 Å². The van der Waals surface area contributed by atoms with E-state index < -0.39 is 0 Å². The SMILES string of the molecule is CCCN(CCOc1c(Cl)cc(Cl)cc1Cl)C(=O)n1ccnc1.c1ccc2[se]cnc2c1. The summed E-state index contributed by atoms with van der Waals surface area (Å²) in [6, 6.07) is 11.3. The van der Waals surface area contributed by atoms with E-state index in [-0.39, 0.29) is 12.6 Å². The summed E-state index contributed by atoms with van der Waals surface area (Å²) < 4.78 is 8.46. The number of carbonyl (C=O) groups excluding carboxylic acids is 1. The molecule has 4 aromatic rings. The second-order valence-corrected chi connectivity index (χ2v) is 9.72. The van der Waals surface area contributed by atoms with Gasteiger partial charge in [0.1, 0.15) is 12.9 Å². The monoisotopic (exact) mass is 558 g/mol. The third kappa shape index (κ3) is 6.74. The maximum atomic E-state index is 12.3. The van der Waals surface area contributed by atoms with E-state index in [0.29, 0.717) is 48.4 Å². The Kier molecular flexibility index (Phi) is 9.45. The van der Waals surface area contributed by atoms with Crippen LogP contribution >= 0.6 is 34.8 Å². The van der Waals surface area contributed by atoms with Gasteiger partial charge in [0.05, 0.1) is 16.6 Å². The van der Waals surface area contributed by atoms with Crippen molar-refractivity contribution in [2.75, 3.05) is 19.7 Å². The molecule has 0 atom stereocenters. The van der Waals surface area contributed by atoms with Crippen LogP contribution in [-0.4, -0.2) is 59.7 Å². The van der Waals surface area contributed by atoms with Crippen molar-refractivity contribution in [2.24, 2.45) is 0 Å². The molecule has 0 aliphatic rings. The molecule has 0 aliphatic heterocycles. The van der Waals surface area contributed by atoms with Gasteiger partial charge in [-0.2, -0.15) is 0 Å². The van der Waals surface area contributed by atoms with Gasteiger partial charge in [0.15, 0.2) is 5.75 Å². The predicted octanol–water partition coefficient (Wildman–Crippen LogP) is 5.89. The minimum absolute atomic E-state index is 0.152. The van der Waals surface area contributed by atoms with Gasteiger partial charge < -0.3 is 9.64 Å². The van der Waals surface area contributed by atoms with E-state index >= 15 is 0 Å². The van der Waals surface area contributed by atoms with Crippen LogP contribution < -0.4 is 4.74 Å². The molecule has 0 unspecified atom stereocenters. The van der Waals surface area contributed by atoms with Gasteiger partial charge in [0.2, 0.25) is 0 Å². The first-order valence-corrected chi connectivity index (χ1v) is 12.8. The molecule has 0 spiro atoms. The minimum atomic E-state index is -0.152. The number of para-hydroxylation sites is 1. The first-order valence-electron chi connectivity index (χ1n) is 9.82. The molecular weight excluding hydrogens is 538 g/mol. The van der Waals surface area contributed by atoms with Gasteiger partial charge in [-0.1, -0.05) is 41.7 Å². The molecule has 4 rings (SSSR count). The normalized spacial score (nSPS) is 10.5. The van der Waals surface area contributed by atoms with Crippen LogP contribution in [0.5, 0.6) is 5.75 Å². The first-order chi connectivity index (χ1) is 15.5. The molecule has 10 heteroatoms. The number of fused-ring (bicyclic) bond motifs is 1. The van der Waals surface area contributed by atoms with Crippen molar-refractivity contribution in [1.82, 2.24) is 19.4 Å². The first kappa shape index (κ1) is 24.6. The van der Waals surface area contributed by atoms with Crippen molar-refractivity contribution in [3.05, 3.63) is 75.3 Å². The van der Waals surface area contributed by atoms with E-state index in [1.165, 1.54) is 15.2 Å². The van der Waals surface area contributed by atoms with Crippen LogP contribution in [-0.2, 0) is 0 Å². The molecule has 0 N–H and O–H groups in total. The number of nitrogens with zero attached hydrogens (tertiary/aromatic N) is 4. The van der Waals surface area contributed by atoms with Crippen LogP contribution in [0.2, 0.25) is 15.1 Å². The van der Waals surface area contributed by atoms with Crippen molar-refractivity contribution in [2.45, 2.75) is 13.3 Å². The Balaban J connectivity index is 0.000000264. The number of ether oxygens (including phenoxy) is 1. The summed E-state index contributed by atoms with van der Waals surface area (Å²) in [5.74, 6) is 0.365. The number of aromatic nitrogens is 3. The Labute approximate surface area is 207 Å². The van der Waals surface area contributed by atoms with E-state index in [1.807, 2.05) is 18.1 Å². The van der Waals surface area contributed by atoms with Crippen LogP contribution in [0.3, 0.4) is 0 Å². The van der Waals surface area contributed by atoms with Crippen molar-refractivity contribution in [3.63, 3.8) is 0 Å². The van der Waals surface area contributed by atoms with E-state index in [1.54, 1.807) is 29.4 Å². The molecule has 2 aromatic carbocycles. The number of hydrogen-bond donors (Lipinski definition) is 0. The van der Waals surface area contributed by atoms with Gasteiger partial charge in [-0.05, 0) is 18.6 Å². The Morgan fingerprint density at radius 2 is 1.91 bits per heavy atom. The van der Waals surface area contributed by atoms with Crippen molar-refractivity contribution in [1.29, 1.82) is 0 Å². The molecule has 0 radical (unpaired) electrons. The number of rotatable bonds is 6. The average molecular weight is 559 g/mol. The maximum absolute atomic E-state index is 12.3. The average Bonchev–Trinajstić information content (AvgIpc) is 3.47. The Morgan fingerprint density at radius 3 is 2.56 bits per heavy atom. The molecule has 168 valence electrons. The Bertz CT molecular complexity index is 1100. The molecule has 32 heavy (non-hydrogen) atoms. The van der Waals surface area contributed by atoms with Gasteiger partial charge in [0.25, 0.3) is 0 Å². The van der Waals surface area contributed by atoms with Crippen molar-refractivity contribution >= 4 is 65.1 Å². The molecular formula is C22H21Cl3N4O2Se. The number of carbonyl (C=O) groups is 1. The second kappa shape index (κ2) is 12.3. The number of benzene rings is 2. The zero-order chi connectivity index (χ0) is 22.9. The van der Waals surface area contributed by atoms with E-state index in [2.05, 4.69) is 28.2 Å². The molecule has 2 aromatic heterocycles. The van der Waals surface area contributed by atoms with Crippen LogP contribution in [0, 0.1) is 0 Å². The molecule has 0 fully saturated rings. The summed E-state index contributed by atoms with van der Waals surface area (Å²) in [7, 11) is 0. The summed E-state index contributed by atoms with van der Waals surface area (Å²) in [6.45, 7) is 3.28. The summed E-state index contributed by atoms with van der Waals surface area (Å²) in [5, 5.41) is 3.13. The van der Waals surface area contributed by atoms with Crippen molar-refractivity contribution < 1.29 is 9.53 Å². The third-order valence-electron chi connectivity index (χ3n) is 4.30. The van der Waals surface area contributed by atoms with Crippen LogP contribution in [0.15, 0.2) is 60.2 Å². The molecule has 0 bridgehead atoms. The number of amides is 1. The van der Waals surface area contributed by atoms with Gasteiger partial charge in [-0.3, -0.25) is 4.57 Å². The zero-order valence-corrected chi connectivity index (χ0v) is 21.2. The molecule has 0 aliphatic carbocycles. The predicted molar refractivity (Wildman–Crippen MR) is 131 cm³/mol. The van der Waals surface area contributed by atoms with Gasteiger partial charge in [0, 0.05) is 24.0 Å². The van der Waals surface area contributed by atoms with E-state index in [9.17, 15) is 4.79 Å². The molecule has 2 heterocycles. The molecule has 0 saturated carbocycles. The summed E-state index contributed by atoms with van der Waals surface area (Å²) in [5.41, 5.74) is 1.16. The third-order valence-corrected chi connectivity index (χ3v) is 6.78. The fraction of sp³-hybridized carbons (Fsp3) is 0.227. The van der Waals surface area contributed by atoms with Crippen LogP contribution in [0.4, 0.5) is 4.79 Å². The topological polar surface area (TPSA) is 60.2 Å². The summed E-state index contributed by atoms with van der Waals surface area (Å²) in [6.07, 6.45) is 5.48. The van der Waals surface area contributed by atoms with E-state index in [0.717, 1.165) is 11.9 Å². The number of imidazole rings is 1. The zero-order valence-electron chi connectivity index (χ0n) is 17.2. The number of halogens is 3. The van der Waals surface area contributed by atoms with Gasteiger partial charge >= 0.3 is 64.6 Å². The Hall–Kier alpha value is -2.02. The van der Waals surface area contributed by atoms with Gasteiger partial charge in [-0.15, -0.1) is 0 Å². The standard InChI is InChI=1S/C15H16Cl3N3O2.C7H5NSe/c1-2-4-20(15(22)21-5-3-19-10-21)6-7-23-14-12(17)8-11(16)9-13(14)18;1-2-4-7-6(3-1)8-5-9-7/h3,5,8-10H,2,4,6-7H2,1H3;1-5H. The quantitative estimate of drug-likeness (QED) is 0.277. The van der Waals surface area contributed by atoms with Crippen molar-refractivity contribution in [3.8, 4) is 5.75 Å². The second-order valence-electron chi connectivity index (χ2n) is 6.61. The summed E-state index contributed by atoms with van der Waals surface area (Å²) >= 11 is 18.5. The van der Waals surface area contributed by atoms with Crippen LogP contribution in [0.25, 0.3) is 9.78 Å². The fourth-order valence-corrected chi connectivity index (χ4v) is 5.19. The molecule has 1 amide bonds. The molecule has 0 saturated heterocycles. The van der Waals surface area contributed by atoms with Gasteiger partial charge in [-0.25, -0.2) is 9.78 Å². The Morgan fingerprint density at radius 1 is 1.16 bits per heavy atom. The van der Waals surface area contributed by atoms with E-state index in [4.69, 9.17) is 39.5 Å². The number of hydrogen-bond acceptors (Lipinski definition) is 4. The molecule has 6 nitrogen and oxygen atoms in total. The fourth-order valence-electron chi connectivity index (χ4n) is 2.84.